The third-order valence-electron chi connectivity index (χ3n) is 4.06. The lowest BCUT2D eigenvalue weighted by atomic mass is 9.91. The Labute approximate surface area is 122 Å². The lowest BCUT2D eigenvalue weighted by Crippen LogP contribution is -2.22. The molecule has 0 nitrogen and oxygen atoms in total. The molecule has 0 aliphatic heterocycles. The van der Waals surface area contributed by atoms with Gasteiger partial charge in [-0.05, 0) is 30.5 Å². The minimum absolute atomic E-state index is 0.0164. The number of halogens is 6. The van der Waals surface area contributed by atoms with Crippen LogP contribution in [-0.2, 0) is 12.3 Å². The SMILES string of the molecule is Cc1ccc(C2Cc3ccc(F)c(F)c3C2(F)F)c(F)c1F. The van der Waals surface area contributed by atoms with Gasteiger partial charge in [-0.15, -0.1) is 0 Å². The summed E-state index contributed by atoms with van der Waals surface area (Å²) in [5, 5.41) is 0. The number of rotatable bonds is 1. The summed E-state index contributed by atoms with van der Waals surface area (Å²) in [7, 11) is 0. The van der Waals surface area contributed by atoms with E-state index in [9.17, 15) is 26.3 Å². The van der Waals surface area contributed by atoms with Crippen LogP contribution in [0.25, 0.3) is 0 Å². The number of fused-ring (bicyclic) bond motifs is 1. The molecule has 0 radical (unpaired) electrons. The summed E-state index contributed by atoms with van der Waals surface area (Å²) >= 11 is 0. The normalized spacial score (nSPS) is 19.3. The summed E-state index contributed by atoms with van der Waals surface area (Å²) in [6, 6.07) is 4.04. The molecule has 116 valence electrons. The van der Waals surface area contributed by atoms with Gasteiger partial charge in [0.05, 0.1) is 11.5 Å². The Morgan fingerprint density at radius 3 is 2.27 bits per heavy atom. The summed E-state index contributed by atoms with van der Waals surface area (Å²) in [4.78, 5) is 0. The van der Waals surface area contributed by atoms with Gasteiger partial charge in [0.15, 0.2) is 23.3 Å². The van der Waals surface area contributed by atoms with Gasteiger partial charge in [-0.25, -0.2) is 26.3 Å². The highest BCUT2D eigenvalue weighted by Crippen LogP contribution is 2.52. The minimum Gasteiger partial charge on any atom is -0.204 e. The van der Waals surface area contributed by atoms with E-state index in [0.29, 0.717) is 0 Å². The Kier molecular flexibility index (Phi) is 3.23. The van der Waals surface area contributed by atoms with Crippen LogP contribution in [0.15, 0.2) is 24.3 Å². The maximum Gasteiger partial charge on any atom is 0.283 e. The second-order valence-corrected chi connectivity index (χ2v) is 5.37. The molecule has 1 unspecified atom stereocenters. The van der Waals surface area contributed by atoms with Crippen LogP contribution in [0.2, 0.25) is 0 Å². The molecule has 3 rings (SSSR count). The maximum atomic E-state index is 14.4. The van der Waals surface area contributed by atoms with Crippen molar-refractivity contribution >= 4 is 0 Å². The predicted octanol–water partition coefficient (Wildman–Crippen LogP) is 4.98. The molecule has 22 heavy (non-hydrogen) atoms. The Morgan fingerprint density at radius 2 is 1.59 bits per heavy atom. The van der Waals surface area contributed by atoms with Crippen molar-refractivity contribution in [1.29, 1.82) is 0 Å². The molecule has 0 amide bonds. The fourth-order valence-electron chi connectivity index (χ4n) is 2.88. The summed E-state index contributed by atoms with van der Waals surface area (Å²) in [6.07, 6.45) is -0.390. The van der Waals surface area contributed by atoms with Gasteiger partial charge in [-0.2, -0.15) is 0 Å². The van der Waals surface area contributed by atoms with E-state index in [1.54, 1.807) is 0 Å². The standard InChI is InChI=1S/C16H10F6/c1-7-2-4-9(14(19)13(7)18)10-6-8-3-5-11(17)15(20)12(8)16(10,21)22/h2-5,10H,6H2,1H3. The molecule has 0 aromatic heterocycles. The summed E-state index contributed by atoms with van der Waals surface area (Å²) in [6.45, 7) is 1.30. The number of hydrogen-bond acceptors (Lipinski definition) is 0. The molecule has 1 aliphatic rings. The maximum absolute atomic E-state index is 14.4. The molecule has 1 aliphatic carbocycles. The van der Waals surface area contributed by atoms with Crippen LogP contribution in [0, 0.1) is 30.2 Å². The van der Waals surface area contributed by atoms with Gasteiger partial charge in [-0.1, -0.05) is 18.2 Å². The van der Waals surface area contributed by atoms with Crippen LogP contribution in [0.1, 0.15) is 28.2 Å². The van der Waals surface area contributed by atoms with Crippen LogP contribution in [0.4, 0.5) is 26.3 Å². The fraction of sp³-hybridized carbons (Fsp3) is 0.250. The zero-order chi connectivity index (χ0) is 16.2. The molecule has 0 saturated carbocycles. The van der Waals surface area contributed by atoms with E-state index in [4.69, 9.17) is 0 Å². The molecule has 0 bridgehead atoms. The van der Waals surface area contributed by atoms with E-state index in [0.717, 1.165) is 18.2 Å². The Balaban J connectivity index is 2.17. The second-order valence-electron chi connectivity index (χ2n) is 5.37. The highest BCUT2D eigenvalue weighted by atomic mass is 19.3. The van der Waals surface area contributed by atoms with E-state index in [1.807, 2.05) is 0 Å². The van der Waals surface area contributed by atoms with Crippen molar-refractivity contribution in [2.24, 2.45) is 0 Å². The van der Waals surface area contributed by atoms with Crippen LogP contribution < -0.4 is 0 Å². The van der Waals surface area contributed by atoms with Crippen LogP contribution >= 0.6 is 0 Å². The highest BCUT2D eigenvalue weighted by molar-refractivity contribution is 5.44. The minimum atomic E-state index is -3.82. The number of aryl methyl sites for hydroxylation is 1. The Hall–Kier alpha value is -1.98. The van der Waals surface area contributed by atoms with Crippen LogP contribution in [-0.4, -0.2) is 0 Å². The van der Waals surface area contributed by atoms with Crippen molar-refractivity contribution < 1.29 is 26.3 Å². The number of hydrogen-bond donors (Lipinski definition) is 0. The van der Waals surface area contributed by atoms with Crippen molar-refractivity contribution in [3.05, 3.63) is 69.8 Å². The molecular formula is C16H10F6. The topological polar surface area (TPSA) is 0 Å². The second kappa shape index (κ2) is 4.76. The molecule has 2 aromatic rings. The third-order valence-corrected chi connectivity index (χ3v) is 4.06. The van der Waals surface area contributed by atoms with Gasteiger partial charge >= 0.3 is 0 Å². The quantitative estimate of drug-likeness (QED) is 0.651. The lowest BCUT2D eigenvalue weighted by Gasteiger charge is -2.21. The zero-order valence-corrected chi connectivity index (χ0v) is 11.4. The molecule has 0 fully saturated rings. The third kappa shape index (κ3) is 1.93. The Morgan fingerprint density at radius 1 is 0.909 bits per heavy atom. The summed E-state index contributed by atoms with van der Waals surface area (Å²) < 4.78 is 83.4. The molecule has 1 atom stereocenters. The highest BCUT2D eigenvalue weighted by Gasteiger charge is 2.52. The van der Waals surface area contributed by atoms with E-state index < -0.39 is 46.2 Å². The van der Waals surface area contributed by atoms with Gasteiger partial charge in [0.25, 0.3) is 5.92 Å². The first kappa shape index (κ1) is 14.9. The van der Waals surface area contributed by atoms with Gasteiger partial charge in [0.2, 0.25) is 0 Å². The molecule has 6 heteroatoms. The van der Waals surface area contributed by atoms with E-state index >= 15 is 0 Å². The molecular weight excluding hydrogens is 306 g/mol. The van der Waals surface area contributed by atoms with Crippen molar-refractivity contribution in [3.63, 3.8) is 0 Å². The molecule has 0 spiro atoms. The van der Waals surface area contributed by atoms with Crippen LogP contribution in [0.3, 0.4) is 0 Å². The van der Waals surface area contributed by atoms with Crippen molar-refractivity contribution in [3.8, 4) is 0 Å². The smallest absolute Gasteiger partial charge is 0.204 e. The predicted molar refractivity (Wildman–Crippen MR) is 67.8 cm³/mol. The van der Waals surface area contributed by atoms with Crippen molar-refractivity contribution in [1.82, 2.24) is 0 Å². The van der Waals surface area contributed by atoms with E-state index in [-0.39, 0.29) is 17.5 Å². The summed E-state index contributed by atoms with van der Waals surface area (Å²) in [5.41, 5.74) is -1.73. The largest absolute Gasteiger partial charge is 0.283 e. The average Bonchev–Trinajstić information content (AvgIpc) is 2.73. The van der Waals surface area contributed by atoms with Gasteiger partial charge in [0.1, 0.15) is 0 Å². The van der Waals surface area contributed by atoms with Crippen molar-refractivity contribution in [2.45, 2.75) is 25.2 Å². The molecule has 2 aromatic carbocycles. The Bertz CT molecular complexity index is 766. The lowest BCUT2D eigenvalue weighted by molar-refractivity contribution is -0.0266. The van der Waals surface area contributed by atoms with Crippen LogP contribution in [0.5, 0.6) is 0 Å². The number of benzene rings is 2. The average molecular weight is 316 g/mol. The molecule has 0 N–H and O–H groups in total. The van der Waals surface area contributed by atoms with E-state index in [2.05, 4.69) is 0 Å². The summed E-state index contributed by atoms with van der Waals surface area (Å²) in [5.74, 6) is -11.2. The van der Waals surface area contributed by atoms with Gasteiger partial charge in [0, 0.05) is 5.56 Å². The number of alkyl halides is 2. The fourth-order valence-corrected chi connectivity index (χ4v) is 2.88. The van der Waals surface area contributed by atoms with Gasteiger partial charge in [-0.3, -0.25) is 0 Å². The van der Waals surface area contributed by atoms with Crippen molar-refractivity contribution in [2.75, 3.05) is 0 Å². The molecule has 0 saturated heterocycles. The monoisotopic (exact) mass is 316 g/mol. The first-order valence-corrected chi connectivity index (χ1v) is 6.54. The van der Waals surface area contributed by atoms with Gasteiger partial charge < -0.3 is 0 Å². The molecule has 0 heterocycles. The van der Waals surface area contributed by atoms with E-state index in [1.165, 1.54) is 13.0 Å². The first-order valence-electron chi connectivity index (χ1n) is 6.54. The first-order chi connectivity index (χ1) is 10.2. The zero-order valence-electron chi connectivity index (χ0n) is 11.4.